The van der Waals surface area contributed by atoms with Crippen molar-refractivity contribution in [1.82, 2.24) is 4.37 Å². The van der Waals surface area contributed by atoms with Gasteiger partial charge in [-0.2, -0.15) is 4.37 Å². The first kappa shape index (κ1) is 8.48. The van der Waals surface area contributed by atoms with Crippen molar-refractivity contribution in [1.29, 1.82) is 0 Å². The van der Waals surface area contributed by atoms with Gasteiger partial charge < -0.3 is 5.11 Å². The standard InChI is InChI=1S/C5H5BrN2O2S/c1-2-3(6)4(8-11-2)7-5(9)10/h1H3,(H,7,8)(H,9,10). The number of anilines is 1. The number of carbonyl (C=O) groups is 1. The minimum atomic E-state index is -1.10. The fourth-order valence-electron chi connectivity index (χ4n) is 0.540. The summed E-state index contributed by atoms with van der Waals surface area (Å²) < 4.78 is 4.57. The molecule has 11 heavy (non-hydrogen) atoms. The highest BCUT2D eigenvalue weighted by molar-refractivity contribution is 9.10. The Labute approximate surface area is 75.5 Å². The molecule has 0 bridgehead atoms. The van der Waals surface area contributed by atoms with Crippen molar-refractivity contribution in [2.75, 3.05) is 5.32 Å². The highest BCUT2D eigenvalue weighted by Crippen LogP contribution is 2.27. The van der Waals surface area contributed by atoms with Gasteiger partial charge in [0.25, 0.3) is 0 Å². The second-order valence-corrected chi connectivity index (χ2v) is 3.60. The van der Waals surface area contributed by atoms with Crippen molar-refractivity contribution in [3.8, 4) is 0 Å². The highest BCUT2D eigenvalue weighted by Gasteiger charge is 2.08. The lowest BCUT2D eigenvalue weighted by atomic mass is 10.5. The van der Waals surface area contributed by atoms with Crippen LogP contribution in [0.1, 0.15) is 4.88 Å². The van der Waals surface area contributed by atoms with Gasteiger partial charge in [0.1, 0.15) is 0 Å². The summed E-state index contributed by atoms with van der Waals surface area (Å²) in [7, 11) is 0. The summed E-state index contributed by atoms with van der Waals surface area (Å²) in [4.78, 5) is 11.1. The van der Waals surface area contributed by atoms with E-state index in [1.807, 2.05) is 6.92 Å². The molecular weight excluding hydrogens is 232 g/mol. The zero-order valence-corrected chi connectivity index (χ0v) is 7.99. The number of rotatable bonds is 1. The molecule has 0 saturated carbocycles. The molecule has 0 aliphatic carbocycles. The lowest BCUT2D eigenvalue weighted by Gasteiger charge is -1.93. The van der Waals surface area contributed by atoms with Crippen molar-refractivity contribution in [3.05, 3.63) is 9.35 Å². The number of carboxylic acid groups (broad SMARTS) is 1. The fraction of sp³-hybridized carbons (Fsp3) is 0.200. The molecule has 1 rings (SSSR count). The van der Waals surface area contributed by atoms with Gasteiger partial charge in [0, 0.05) is 4.88 Å². The van der Waals surface area contributed by atoms with Gasteiger partial charge in [-0.25, -0.2) is 4.79 Å². The summed E-state index contributed by atoms with van der Waals surface area (Å²) in [6.45, 7) is 1.86. The maximum atomic E-state index is 10.2. The summed E-state index contributed by atoms with van der Waals surface area (Å²) in [5.41, 5.74) is 0. The average Bonchev–Trinajstić information content (AvgIpc) is 2.18. The molecule has 1 amide bonds. The van der Waals surface area contributed by atoms with E-state index in [1.54, 1.807) is 0 Å². The quantitative estimate of drug-likeness (QED) is 0.787. The van der Waals surface area contributed by atoms with Gasteiger partial charge in [-0.3, -0.25) is 5.32 Å². The van der Waals surface area contributed by atoms with E-state index in [0.29, 0.717) is 10.3 Å². The predicted molar refractivity (Wildman–Crippen MR) is 46.2 cm³/mol. The zero-order valence-electron chi connectivity index (χ0n) is 5.59. The maximum absolute atomic E-state index is 10.2. The van der Waals surface area contributed by atoms with Crippen LogP contribution in [-0.4, -0.2) is 15.6 Å². The number of aryl methyl sites for hydroxylation is 1. The number of hydrogen-bond acceptors (Lipinski definition) is 3. The molecule has 0 radical (unpaired) electrons. The van der Waals surface area contributed by atoms with Crippen LogP contribution in [0.5, 0.6) is 0 Å². The van der Waals surface area contributed by atoms with E-state index >= 15 is 0 Å². The van der Waals surface area contributed by atoms with E-state index in [1.165, 1.54) is 11.5 Å². The number of hydrogen-bond donors (Lipinski definition) is 2. The SMILES string of the molecule is Cc1snc(NC(=O)O)c1Br. The second-order valence-electron chi connectivity index (χ2n) is 1.83. The molecule has 0 aromatic carbocycles. The normalized spacial score (nSPS) is 9.64. The molecular formula is C5H5BrN2O2S. The van der Waals surface area contributed by atoms with Crippen molar-refractivity contribution < 1.29 is 9.90 Å². The van der Waals surface area contributed by atoms with Gasteiger partial charge in [-0.15, -0.1) is 0 Å². The topological polar surface area (TPSA) is 62.2 Å². The molecule has 60 valence electrons. The van der Waals surface area contributed by atoms with Gasteiger partial charge in [0.05, 0.1) is 4.47 Å². The summed E-state index contributed by atoms with van der Waals surface area (Å²) in [6.07, 6.45) is -1.10. The van der Waals surface area contributed by atoms with Crippen LogP contribution in [0.25, 0.3) is 0 Å². The largest absolute Gasteiger partial charge is 0.465 e. The Morgan fingerprint density at radius 2 is 2.45 bits per heavy atom. The van der Waals surface area contributed by atoms with Crippen LogP contribution in [0.3, 0.4) is 0 Å². The molecule has 1 aromatic rings. The third kappa shape index (κ3) is 1.90. The highest BCUT2D eigenvalue weighted by atomic mass is 79.9. The molecule has 2 N–H and O–H groups in total. The first-order valence-electron chi connectivity index (χ1n) is 2.73. The van der Waals surface area contributed by atoms with Crippen molar-refractivity contribution in [3.63, 3.8) is 0 Å². The van der Waals surface area contributed by atoms with Crippen LogP contribution >= 0.6 is 27.5 Å². The van der Waals surface area contributed by atoms with E-state index in [-0.39, 0.29) is 0 Å². The van der Waals surface area contributed by atoms with E-state index in [0.717, 1.165) is 4.88 Å². The minimum absolute atomic E-state index is 0.361. The molecule has 0 saturated heterocycles. The molecule has 6 heteroatoms. The molecule has 0 fully saturated rings. The summed E-state index contributed by atoms with van der Waals surface area (Å²) >= 11 is 4.45. The van der Waals surface area contributed by atoms with E-state index < -0.39 is 6.09 Å². The number of aromatic nitrogens is 1. The maximum Gasteiger partial charge on any atom is 0.410 e. The number of nitrogens with one attached hydrogen (secondary N) is 1. The Bertz CT molecular complexity index is 286. The molecule has 4 nitrogen and oxygen atoms in total. The predicted octanol–water partition coefficient (Wildman–Crippen LogP) is 2.30. The molecule has 0 unspecified atom stereocenters. The first-order chi connectivity index (χ1) is 5.11. The van der Waals surface area contributed by atoms with Crippen molar-refractivity contribution >= 4 is 39.4 Å². The first-order valence-corrected chi connectivity index (χ1v) is 4.29. The van der Waals surface area contributed by atoms with Gasteiger partial charge >= 0.3 is 6.09 Å². The minimum Gasteiger partial charge on any atom is -0.465 e. The average molecular weight is 237 g/mol. The molecule has 0 atom stereocenters. The Balaban J connectivity index is 2.87. The van der Waals surface area contributed by atoms with Crippen LogP contribution in [0.2, 0.25) is 0 Å². The summed E-state index contributed by atoms with van der Waals surface area (Å²) in [5, 5.41) is 10.5. The van der Waals surface area contributed by atoms with E-state index in [4.69, 9.17) is 5.11 Å². The number of nitrogens with zero attached hydrogens (tertiary/aromatic N) is 1. The Morgan fingerprint density at radius 1 is 1.82 bits per heavy atom. The molecule has 1 aromatic heterocycles. The van der Waals surface area contributed by atoms with Gasteiger partial charge in [0.15, 0.2) is 5.82 Å². The number of halogens is 1. The summed E-state index contributed by atoms with van der Waals surface area (Å²) in [5.74, 6) is 0.361. The Morgan fingerprint density at radius 3 is 2.82 bits per heavy atom. The van der Waals surface area contributed by atoms with Gasteiger partial charge in [0.2, 0.25) is 0 Å². The van der Waals surface area contributed by atoms with E-state index in [2.05, 4.69) is 25.6 Å². The third-order valence-electron chi connectivity index (χ3n) is 1.02. The Kier molecular flexibility index (Phi) is 2.45. The van der Waals surface area contributed by atoms with Crippen LogP contribution in [0.15, 0.2) is 4.47 Å². The smallest absolute Gasteiger partial charge is 0.410 e. The van der Waals surface area contributed by atoms with Crippen molar-refractivity contribution in [2.24, 2.45) is 0 Å². The Hall–Kier alpha value is -0.620. The molecule has 0 aliphatic heterocycles. The monoisotopic (exact) mass is 236 g/mol. The van der Waals surface area contributed by atoms with Crippen LogP contribution in [-0.2, 0) is 0 Å². The van der Waals surface area contributed by atoms with Crippen molar-refractivity contribution in [2.45, 2.75) is 6.92 Å². The fourth-order valence-corrected chi connectivity index (χ4v) is 1.60. The van der Waals surface area contributed by atoms with Gasteiger partial charge in [-0.1, -0.05) is 0 Å². The third-order valence-corrected chi connectivity index (χ3v) is 3.00. The number of amides is 1. The molecule has 1 heterocycles. The second kappa shape index (κ2) is 3.19. The van der Waals surface area contributed by atoms with E-state index in [9.17, 15) is 4.79 Å². The lowest BCUT2D eigenvalue weighted by molar-refractivity contribution is 0.209. The molecule has 0 spiro atoms. The zero-order chi connectivity index (χ0) is 8.43. The molecule has 0 aliphatic rings. The lowest BCUT2D eigenvalue weighted by Crippen LogP contribution is -2.07. The van der Waals surface area contributed by atoms with Gasteiger partial charge in [-0.05, 0) is 34.4 Å². The van der Waals surface area contributed by atoms with Crippen LogP contribution in [0.4, 0.5) is 10.6 Å². The van der Waals surface area contributed by atoms with Crippen LogP contribution in [0, 0.1) is 6.92 Å². The summed E-state index contributed by atoms with van der Waals surface area (Å²) in [6, 6.07) is 0. The van der Waals surface area contributed by atoms with Crippen LogP contribution < -0.4 is 5.32 Å².